The van der Waals surface area contributed by atoms with Crippen LogP contribution >= 0.6 is 10.7 Å². The third-order valence-electron chi connectivity index (χ3n) is 4.18. The number of hydrogen-bond acceptors (Lipinski definition) is 3. The van der Waals surface area contributed by atoms with E-state index in [-0.39, 0.29) is 4.90 Å². The summed E-state index contributed by atoms with van der Waals surface area (Å²) in [4.78, 5) is 0.183. The minimum absolute atomic E-state index is 0.183. The molecule has 1 fully saturated rings. The molecule has 0 saturated heterocycles. The van der Waals surface area contributed by atoms with Crippen LogP contribution in [0.4, 0.5) is 0 Å². The molecule has 1 saturated carbocycles. The zero-order valence-corrected chi connectivity index (χ0v) is 13.8. The molecular formula is C15H21ClO3S. The normalized spacial score (nSPS) is 16.6. The number of rotatable bonds is 4. The van der Waals surface area contributed by atoms with E-state index in [9.17, 15) is 8.42 Å². The molecule has 0 unspecified atom stereocenters. The molecule has 3 nitrogen and oxygen atoms in total. The second kappa shape index (κ2) is 5.94. The molecule has 0 aliphatic heterocycles. The van der Waals surface area contributed by atoms with Crippen molar-refractivity contribution in [2.24, 2.45) is 5.92 Å². The van der Waals surface area contributed by atoms with Crippen molar-refractivity contribution >= 4 is 19.7 Å². The fourth-order valence-electron chi connectivity index (χ4n) is 2.87. The topological polar surface area (TPSA) is 43.4 Å². The number of benzene rings is 1. The predicted octanol–water partition coefficient (Wildman–Crippen LogP) is 4.11. The number of aryl methyl sites for hydroxylation is 1. The molecular weight excluding hydrogens is 296 g/mol. The van der Waals surface area contributed by atoms with Gasteiger partial charge in [-0.15, -0.1) is 0 Å². The van der Waals surface area contributed by atoms with Gasteiger partial charge in [-0.2, -0.15) is 0 Å². The van der Waals surface area contributed by atoms with Crippen LogP contribution in [-0.4, -0.2) is 15.0 Å². The highest BCUT2D eigenvalue weighted by Crippen LogP contribution is 2.34. The van der Waals surface area contributed by atoms with Crippen molar-refractivity contribution in [3.63, 3.8) is 0 Å². The molecule has 1 aliphatic rings. The maximum atomic E-state index is 11.6. The maximum absolute atomic E-state index is 11.6. The quantitative estimate of drug-likeness (QED) is 0.785. The van der Waals surface area contributed by atoms with Crippen LogP contribution in [-0.2, 0) is 9.05 Å². The highest BCUT2D eigenvalue weighted by atomic mass is 35.7. The van der Waals surface area contributed by atoms with Gasteiger partial charge in [-0.25, -0.2) is 8.42 Å². The molecule has 1 aromatic carbocycles. The second-order valence-corrected chi connectivity index (χ2v) is 8.20. The van der Waals surface area contributed by atoms with E-state index in [2.05, 4.69) is 0 Å². The minimum atomic E-state index is -3.71. The molecule has 5 heteroatoms. The fourth-order valence-corrected chi connectivity index (χ4v) is 4.19. The van der Waals surface area contributed by atoms with E-state index >= 15 is 0 Å². The Balaban J connectivity index is 2.28. The van der Waals surface area contributed by atoms with Crippen LogP contribution in [0.15, 0.2) is 11.0 Å². The van der Waals surface area contributed by atoms with E-state index in [1.807, 2.05) is 13.8 Å². The van der Waals surface area contributed by atoms with Gasteiger partial charge < -0.3 is 4.74 Å². The lowest BCUT2D eigenvalue weighted by Gasteiger charge is -2.18. The summed E-state index contributed by atoms with van der Waals surface area (Å²) in [5.41, 5.74) is 2.36. The Morgan fingerprint density at radius 1 is 1.20 bits per heavy atom. The molecule has 20 heavy (non-hydrogen) atoms. The molecule has 0 N–H and O–H groups in total. The summed E-state index contributed by atoms with van der Waals surface area (Å²) in [5, 5.41) is 0. The van der Waals surface area contributed by atoms with Crippen LogP contribution in [0.3, 0.4) is 0 Å². The van der Waals surface area contributed by atoms with Crippen LogP contribution in [0.5, 0.6) is 5.75 Å². The van der Waals surface area contributed by atoms with Crippen molar-refractivity contribution in [2.75, 3.05) is 6.61 Å². The average molecular weight is 317 g/mol. The molecule has 0 aromatic heterocycles. The van der Waals surface area contributed by atoms with Crippen LogP contribution < -0.4 is 4.74 Å². The highest BCUT2D eigenvalue weighted by molar-refractivity contribution is 8.13. The smallest absolute Gasteiger partial charge is 0.261 e. The van der Waals surface area contributed by atoms with Crippen molar-refractivity contribution in [2.45, 2.75) is 51.3 Å². The Bertz CT molecular complexity index is 602. The van der Waals surface area contributed by atoms with Gasteiger partial charge >= 0.3 is 0 Å². The number of ether oxygens (including phenoxy) is 1. The summed E-state index contributed by atoms with van der Waals surface area (Å²) in [6, 6.07) is 1.61. The van der Waals surface area contributed by atoms with E-state index in [0.717, 1.165) is 16.9 Å². The monoisotopic (exact) mass is 316 g/mol. The van der Waals surface area contributed by atoms with Crippen molar-refractivity contribution < 1.29 is 13.2 Å². The van der Waals surface area contributed by atoms with Gasteiger partial charge in [0.15, 0.2) is 0 Å². The Hall–Kier alpha value is -0.740. The number of halogens is 1. The van der Waals surface area contributed by atoms with Gasteiger partial charge in [0.2, 0.25) is 0 Å². The Labute approximate surface area is 125 Å². The molecule has 0 amide bonds. The van der Waals surface area contributed by atoms with Gasteiger partial charge in [0.25, 0.3) is 9.05 Å². The zero-order chi connectivity index (χ0) is 14.9. The van der Waals surface area contributed by atoms with Crippen LogP contribution in [0, 0.1) is 26.7 Å². The van der Waals surface area contributed by atoms with Crippen molar-refractivity contribution in [1.29, 1.82) is 0 Å². The average Bonchev–Trinajstić information content (AvgIpc) is 2.85. The standard InChI is InChI=1S/C15H21ClO3S/c1-10-8-14(20(16,17)18)11(2)12(3)15(10)19-9-13-6-4-5-7-13/h8,13H,4-7,9H2,1-3H3. The van der Waals surface area contributed by atoms with Gasteiger partial charge in [-0.3, -0.25) is 0 Å². The summed E-state index contributed by atoms with van der Waals surface area (Å²) in [5.74, 6) is 1.43. The molecule has 0 bridgehead atoms. The van der Waals surface area contributed by atoms with Crippen LogP contribution in [0.2, 0.25) is 0 Å². The van der Waals surface area contributed by atoms with Gasteiger partial charge in [0.1, 0.15) is 5.75 Å². The summed E-state index contributed by atoms with van der Waals surface area (Å²) in [7, 11) is 1.76. The highest BCUT2D eigenvalue weighted by Gasteiger charge is 2.21. The first-order valence-electron chi connectivity index (χ1n) is 6.99. The van der Waals surface area contributed by atoms with Crippen LogP contribution in [0.1, 0.15) is 42.4 Å². The molecule has 1 aromatic rings. The fraction of sp³-hybridized carbons (Fsp3) is 0.600. The summed E-state index contributed by atoms with van der Waals surface area (Å²) >= 11 is 0. The Kier molecular flexibility index (Phi) is 4.65. The molecule has 112 valence electrons. The largest absolute Gasteiger partial charge is 0.493 e. The second-order valence-electron chi connectivity index (χ2n) is 5.67. The lowest BCUT2D eigenvalue weighted by atomic mass is 10.0. The first-order valence-corrected chi connectivity index (χ1v) is 9.30. The van der Waals surface area contributed by atoms with E-state index in [4.69, 9.17) is 15.4 Å². The Morgan fingerprint density at radius 3 is 2.35 bits per heavy atom. The van der Waals surface area contributed by atoms with Crippen molar-refractivity contribution in [3.05, 3.63) is 22.8 Å². The molecule has 0 heterocycles. The Morgan fingerprint density at radius 2 is 1.80 bits per heavy atom. The van der Waals surface area contributed by atoms with Gasteiger partial charge in [-0.05, 0) is 62.3 Å². The SMILES string of the molecule is Cc1cc(S(=O)(=O)Cl)c(C)c(C)c1OCC1CCCC1. The van der Waals surface area contributed by atoms with Gasteiger partial charge in [-0.1, -0.05) is 12.8 Å². The predicted molar refractivity (Wildman–Crippen MR) is 81.1 cm³/mol. The lowest BCUT2D eigenvalue weighted by Crippen LogP contribution is -2.11. The van der Waals surface area contributed by atoms with Crippen LogP contribution in [0.25, 0.3) is 0 Å². The van der Waals surface area contributed by atoms with Gasteiger partial charge in [0, 0.05) is 10.7 Å². The maximum Gasteiger partial charge on any atom is 0.261 e. The minimum Gasteiger partial charge on any atom is -0.493 e. The van der Waals surface area contributed by atoms with Crippen molar-refractivity contribution in [1.82, 2.24) is 0 Å². The van der Waals surface area contributed by atoms with Gasteiger partial charge in [0.05, 0.1) is 11.5 Å². The molecule has 0 radical (unpaired) electrons. The zero-order valence-electron chi connectivity index (χ0n) is 12.2. The molecule has 1 aliphatic carbocycles. The first kappa shape index (κ1) is 15.6. The third-order valence-corrected chi connectivity index (χ3v) is 5.63. The first-order chi connectivity index (χ1) is 9.30. The van der Waals surface area contributed by atoms with E-state index in [1.165, 1.54) is 25.7 Å². The molecule has 0 atom stereocenters. The molecule has 0 spiro atoms. The van der Waals surface area contributed by atoms with Crippen molar-refractivity contribution in [3.8, 4) is 5.75 Å². The summed E-state index contributed by atoms with van der Waals surface area (Å²) in [6.07, 6.45) is 5.03. The lowest BCUT2D eigenvalue weighted by molar-refractivity contribution is 0.249. The van der Waals surface area contributed by atoms with E-state index < -0.39 is 9.05 Å². The summed E-state index contributed by atoms with van der Waals surface area (Å²) in [6.45, 7) is 6.24. The molecule has 2 rings (SSSR count). The third kappa shape index (κ3) is 3.29. The summed E-state index contributed by atoms with van der Waals surface area (Å²) < 4.78 is 29.1. The number of hydrogen-bond donors (Lipinski definition) is 0. The van der Waals surface area contributed by atoms with E-state index in [0.29, 0.717) is 18.1 Å². The van der Waals surface area contributed by atoms with E-state index in [1.54, 1.807) is 13.0 Å².